The molecule has 4 nitrogen and oxygen atoms in total. The quantitative estimate of drug-likeness (QED) is 0.669. The lowest BCUT2D eigenvalue weighted by Gasteiger charge is -2.11. The van der Waals surface area contributed by atoms with Crippen LogP contribution in [0.3, 0.4) is 0 Å². The highest BCUT2D eigenvalue weighted by Gasteiger charge is 2.06. The molecular formula is C18H23ClN2O2S. The minimum atomic E-state index is -0.0133. The Labute approximate surface area is 153 Å². The second kappa shape index (κ2) is 11.9. The summed E-state index contributed by atoms with van der Waals surface area (Å²) in [5.41, 5.74) is 1.12. The fourth-order valence-corrected chi connectivity index (χ4v) is 2.96. The summed E-state index contributed by atoms with van der Waals surface area (Å²) in [4.78, 5) is 14.2. The molecule has 2 aromatic rings. The molecule has 0 fully saturated rings. The molecule has 0 spiro atoms. The molecule has 0 unspecified atom stereocenters. The molecule has 0 aromatic heterocycles. The van der Waals surface area contributed by atoms with Gasteiger partial charge in [-0.15, -0.1) is 12.4 Å². The van der Waals surface area contributed by atoms with E-state index in [2.05, 4.69) is 28.8 Å². The number of hydrogen-bond donors (Lipinski definition) is 2. The number of carbonyl (C=O) groups excluding carboxylic acids is 1. The molecule has 0 aliphatic heterocycles. The van der Waals surface area contributed by atoms with Crippen LogP contribution in [0.15, 0.2) is 64.4 Å². The predicted molar refractivity (Wildman–Crippen MR) is 101 cm³/mol. The molecule has 0 saturated carbocycles. The zero-order chi connectivity index (χ0) is 16.3. The third-order valence-electron chi connectivity index (χ3n) is 3.19. The summed E-state index contributed by atoms with van der Waals surface area (Å²) in [7, 11) is 1.64. The number of halogens is 1. The first-order valence-electron chi connectivity index (χ1n) is 7.57. The van der Waals surface area contributed by atoms with E-state index >= 15 is 0 Å². The van der Waals surface area contributed by atoms with Gasteiger partial charge in [0.15, 0.2) is 0 Å². The summed E-state index contributed by atoms with van der Waals surface area (Å²) >= 11 is 1.71. The molecule has 0 heterocycles. The minimum Gasteiger partial charge on any atom is -0.383 e. The largest absolute Gasteiger partial charge is 0.383 e. The van der Waals surface area contributed by atoms with Crippen molar-refractivity contribution >= 4 is 30.1 Å². The van der Waals surface area contributed by atoms with Crippen molar-refractivity contribution in [3.63, 3.8) is 0 Å². The molecule has 1 amide bonds. The van der Waals surface area contributed by atoms with Crippen LogP contribution in [-0.2, 0) is 16.1 Å². The van der Waals surface area contributed by atoms with Gasteiger partial charge in [0.2, 0.25) is 5.91 Å². The van der Waals surface area contributed by atoms with Crippen LogP contribution < -0.4 is 10.6 Å². The van der Waals surface area contributed by atoms with Gasteiger partial charge in [0.05, 0.1) is 13.2 Å². The SMILES string of the molecule is COCCNCC(=O)NCc1ccccc1Sc1ccccc1.Cl. The van der Waals surface area contributed by atoms with Gasteiger partial charge in [-0.05, 0) is 23.8 Å². The number of hydrogen-bond acceptors (Lipinski definition) is 4. The highest BCUT2D eigenvalue weighted by Crippen LogP contribution is 2.30. The minimum absolute atomic E-state index is 0. The van der Waals surface area contributed by atoms with Crippen molar-refractivity contribution < 1.29 is 9.53 Å². The summed E-state index contributed by atoms with van der Waals surface area (Å²) < 4.78 is 4.93. The number of carbonyl (C=O) groups is 1. The smallest absolute Gasteiger partial charge is 0.234 e. The molecular weight excluding hydrogens is 344 g/mol. The maximum Gasteiger partial charge on any atom is 0.234 e. The zero-order valence-corrected chi connectivity index (χ0v) is 15.3. The average molecular weight is 367 g/mol. The van der Waals surface area contributed by atoms with Crippen molar-refractivity contribution in [3.05, 3.63) is 60.2 Å². The first kappa shape index (κ1) is 20.5. The fraction of sp³-hybridized carbons (Fsp3) is 0.278. The highest BCUT2D eigenvalue weighted by atomic mass is 35.5. The van der Waals surface area contributed by atoms with Gasteiger partial charge in [-0.2, -0.15) is 0 Å². The molecule has 0 saturated heterocycles. The number of rotatable bonds is 9. The molecule has 2 aromatic carbocycles. The summed E-state index contributed by atoms with van der Waals surface area (Å²) in [6.45, 7) is 2.10. The molecule has 24 heavy (non-hydrogen) atoms. The first-order valence-corrected chi connectivity index (χ1v) is 8.38. The van der Waals surface area contributed by atoms with E-state index in [1.807, 2.05) is 36.4 Å². The lowest BCUT2D eigenvalue weighted by molar-refractivity contribution is -0.120. The van der Waals surface area contributed by atoms with E-state index in [1.54, 1.807) is 18.9 Å². The van der Waals surface area contributed by atoms with Crippen molar-refractivity contribution in [3.8, 4) is 0 Å². The Morgan fingerprint density at radius 2 is 1.79 bits per heavy atom. The van der Waals surface area contributed by atoms with Gasteiger partial charge in [0.1, 0.15) is 0 Å². The van der Waals surface area contributed by atoms with Gasteiger partial charge in [0, 0.05) is 30.0 Å². The van der Waals surface area contributed by atoms with E-state index in [0.717, 1.165) is 10.5 Å². The third kappa shape index (κ3) is 7.36. The number of nitrogens with one attached hydrogen (secondary N) is 2. The van der Waals surface area contributed by atoms with E-state index in [9.17, 15) is 4.79 Å². The van der Waals surface area contributed by atoms with Crippen molar-refractivity contribution in [2.24, 2.45) is 0 Å². The van der Waals surface area contributed by atoms with Crippen LogP contribution in [0.4, 0.5) is 0 Å². The normalized spacial score (nSPS) is 10.0. The topological polar surface area (TPSA) is 50.4 Å². The maximum absolute atomic E-state index is 11.8. The van der Waals surface area contributed by atoms with Crippen LogP contribution in [0.2, 0.25) is 0 Å². The Hall–Kier alpha value is -1.53. The van der Waals surface area contributed by atoms with Crippen LogP contribution in [0.5, 0.6) is 0 Å². The van der Waals surface area contributed by atoms with E-state index in [0.29, 0.717) is 26.2 Å². The Morgan fingerprint density at radius 1 is 1.08 bits per heavy atom. The maximum atomic E-state index is 11.8. The second-order valence-electron chi connectivity index (χ2n) is 4.97. The lowest BCUT2D eigenvalue weighted by Crippen LogP contribution is -2.34. The van der Waals surface area contributed by atoms with Crippen LogP contribution in [-0.4, -0.2) is 32.7 Å². The van der Waals surface area contributed by atoms with Crippen LogP contribution in [0.1, 0.15) is 5.56 Å². The molecule has 0 radical (unpaired) electrons. The lowest BCUT2D eigenvalue weighted by atomic mass is 10.2. The van der Waals surface area contributed by atoms with E-state index in [-0.39, 0.29) is 18.3 Å². The van der Waals surface area contributed by atoms with Gasteiger partial charge in [-0.1, -0.05) is 48.2 Å². The van der Waals surface area contributed by atoms with Gasteiger partial charge >= 0.3 is 0 Å². The summed E-state index contributed by atoms with van der Waals surface area (Å²) in [5, 5.41) is 5.98. The Bertz CT molecular complexity index is 611. The molecule has 0 bridgehead atoms. The Kier molecular flexibility index (Phi) is 10.2. The molecule has 2 rings (SSSR count). The van der Waals surface area contributed by atoms with E-state index in [1.165, 1.54) is 4.90 Å². The van der Waals surface area contributed by atoms with Gasteiger partial charge in [0.25, 0.3) is 0 Å². The standard InChI is InChI=1S/C18H22N2O2S.ClH/c1-22-12-11-19-14-18(21)20-13-15-7-5-6-10-17(15)23-16-8-3-2-4-9-16;/h2-10,19H,11-14H2,1H3,(H,20,21);1H. The Morgan fingerprint density at radius 3 is 2.54 bits per heavy atom. The van der Waals surface area contributed by atoms with Crippen molar-refractivity contribution in [1.29, 1.82) is 0 Å². The van der Waals surface area contributed by atoms with Gasteiger partial charge in [-0.3, -0.25) is 4.79 Å². The van der Waals surface area contributed by atoms with Gasteiger partial charge < -0.3 is 15.4 Å². The average Bonchev–Trinajstić information content (AvgIpc) is 2.59. The fourth-order valence-electron chi connectivity index (χ4n) is 2.00. The number of amides is 1. The van der Waals surface area contributed by atoms with Crippen LogP contribution in [0.25, 0.3) is 0 Å². The van der Waals surface area contributed by atoms with E-state index in [4.69, 9.17) is 4.74 Å². The second-order valence-corrected chi connectivity index (χ2v) is 6.08. The number of benzene rings is 2. The monoisotopic (exact) mass is 366 g/mol. The van der Waals surface area contributed by atoms with Crippen molar-refractivity contribution in [2.75, 3.05) is 26.8 Å². The van der Waals surface area contributed by atoms with Gasteiger partial charge in [-0.25, -0.2) is 0 Å². The molecule has 0 atom stereocenters. The van der Waals surface area contributed by atoms with Crippen molar-refractivity contribution in [2.45, 2.75) is 16.3 Å². The summed E-state index contributed by atoms with van der Waals surface area (Å²) in [5.74, 6) is -0.0133. The number of methoxy groups -OCH3 is 1. The van der Waals surface area contributed by atoms with E-state index < -0.39 is 0 Å². The number of ether oxygens (including phenoxy) is 1. The molecule has 2 N–H and O–H groups in total. The predicted octanol–water partition coefficient (Wildman–Crippen LogP) is 3.11. The summed E-state index contributed by atoms with van der Waals surface area (Å²) in [6, 6.07) is 18.4. The Balaban J connectivity index is 0.00000288. The van der Waals surface area contributed by atoms with Crippen LogP contribution in [0, 0.1) is 0 Å². The van der Waals surface area contributed by atoms with Crippen molar-refractivity contribution in [1.82, 2.24) is 10.6 Å². The molecule has 130 valence electrons. The first-order chi connectivity index (χ1) is 11.3. The molecule has 6 heteroatoms. The third-order valence-corrected chi connectivity index (χ3v) is 4.31. The molecule has 0 aliphatic rings. The zero-order valence-electron chi connectivity index (χ0n) is 13.7. The van der Waals surface area contributed by atoms with Crippen LogP contribution >= 0.6 is 24.2 Å². The highest BCUT2D eigenvalue weighted by molar-refractivity contribution is 7.99. The molecule has 0 aliphatic carbocycles. The summed E-state index contributed by atoms with van der Waals surface area (Å²) in [6.07, 6.45) is 0.